The molecule has 2 unspecified atom stereocenters. The third-order valence-electron chi connectivity index (χ3n) is 4.73. The molecule has 1 aromatic rings. The summed E-state index contributed by atoms with van der Waals surface area (Å²) >= 11 is 0. The first kappa shape index (κ1) is 12.6. The summed E-state index contributed by atoms with van der Waals surface area (Å²) in [6.45, 7) is 2.37. The second kappa shape index (κ2) is 3.95. The average Bonchev–Trinajstić information content (AvgIpc) is 3.08. The first-order valence-electron chi connectivity index (χ1n) is 7.00. The molecule has 5 nitrogen and oxygen atoms in total. The van der Waals surface area contributed by atoms with Crippen molar-refractivity contribution < 1.29 is 19.4 Å². The lowest BCUT2D eigenvalue weighted by atomic mass is 9.77. The molecule has 2 bridgehead atoms. The summed E-state index contributed by atoms with van der Waals surface area (Å²) in [6.07, 6.45) is 3.17. The molecule has 2 saturated heterocycles. The topological polar surface area (TPSA) is 66.8 Å². The third-order valence-corrected chi connectivity index (χ3v) is 4.73. The maximum Gasteiger partial charge on any atom is 0.310 e. The monoisotopic (exact) mass is 285 g/mol. The Morgan fingerprint density at radius 3 is 2.76 bits per heavy atom. The Morgan fingerprint density at radius 1 is 1.38 bits per heavy atom. The molecule has 1 spiro atoms. The number of hydrogen-bond donors (Lipinski definition) is 1. The van der Waals surface area contributed by atoms with Crippen molar-refractivity contribution in [2.24, 2.45) is 11.8 Å². The van der Waals surface area contributed by atoms with Gasteiger partial charge in [0.15, 0.2) is 0 Å². The van der Waals surface area contributed by atoms with E-state index in [1.54, 1.807) is 11.0 Å². The van der Waals surface area contributed by atoms with Crippen LogP contribution in [0.3, 0.4) is 0 Å². The van der Waals surface area contributed by atoms with Gasteiger partial charge in [0.05, 0.1) is 18.6 Å². The number of carbonyl (C=O) groups is 2. The van der Waals surface area contributed by atoms with Gasteiger partial charge in [-0.25, -0.2) is 0 Å². The summed E-state index contributed by atoms with van der Waals surface area (Å²) in [5, 5.41) is 9.41. The minimum Gasteiger partial charge on any atom is -0.481 e. The molecule has 0 aromatic heterocycles. The quantitative estimate of drug-likeness (QED) is 0.833. The molecule has 3 aliphatic heterocycles. The predicted molar refractivity (Wildman–Crippen MR) is 74.9 cm³/mol. The molecular formula is C16H15NO4. The molecule has 4 atom stereocenters. The lowest BCUT2D eigenvalue weighted by Crippen LogP contribution is -2.39. The summed E-state index contributed by atoms with van der Waals surface area (Å²) in [6, 6.07) is 7.65. The van der Waals surface area contributed by atoms with Gasteiger partial charge in [0, 0.05) is 5.69 Å². The molecule has 0 aliphatic carbocycles. The van der Waals surface area contributed by atoms with E-state index in [0.29, 0.717) is 6.54 Å². The maximum atomic E-state index is 12.7. The van der Waals surface area contributed by atoms with Crippen LogP contribution in [0.15, 0.2) is 36.4 Å². The highest BCUT2D eigenvalue weighted by Gasteiger charge is 2.67. The van der Waals surface area contributed by atoms with Crippen molar-refractivity contribution in [1.82, 2.24) is 0 Å². The van der Waals surface area contributed by atoms with Gasteiger partial charge in [0.25, 0.3) is 0 Å². The third kappa shape index (κ3) is 1.55. The van der Waals surface area contributed by atoms with Gasteiger partial charge in [-0.2, -0.15) is 0 Å². The Kier molecular flexibility index (Phi) is 2.37. The number of rotatable bonds is 2. The summed E-state index contributed by atoms with van der Waals surface area (Å²) in [5.74, 6) is -2.52. The van der Waals surface area contributed by atoms with Crippen LogP contribution in [0, 0.1) is 18.8 Å². The summed E-state index contributed by atoms with van der Waals surface area (Å²) in [7, 11) is 0. The smallest absolute Gasteiger partial charge is 0.310 e. The molecule has 1 aromatic carbocycles. The van der Waals surface area contributed by atoms with E-state index in [1.165, 1.54) is 0 Å². The largest absolute Gasteiger partial charge is 0.481 e. The molecule has 21 heavy (non-hydrogen) atoms. The summed E-state index contributed by atoms with van der Waals surface area (Å²) in [4.78, 5) is 25.8. The Hall–Kier alpha value is -2.14. The van der Waals surface area contributed by atoms with E-state index in [2.05, 4.69) is 0 Å². The standard InChI is InChI=1S/C16H15NO4/c1-9-2-4-10(5-3-9)17-8-16-7-6-11(21-16)12(15(19)20)13(16)14(17)18/h2-7,11-13H,8H2,1H3,(H,19,20)/t11-,12?,13?,16-/m1/s1. The fourth-order valence-corrected chi connectivity index (χ4v) is 3.72. The normalized spacial score (nSPS) is 36.3. The van der Waals surface area contributed by atoms with Crippen molar-refractivity contribution in [1.29, 1.82) is 0 Å². The van der Waals surface area contributed by atoms with Gasteiger partial charge in [0.1, 0.15) is 11.5 Å². The van der Waals surface area contributed by atoms with Crippen molar-refractivity contribution in [2.45, 2.75) is 18.6 Å². The van der Waals surface area contributed by atoms with Crippen molar-refractivity contribution in [2.75, 3.05) is 11.4 Å². The van der Waals surface area contributed by atoms with Gasteiger partial charge in [-0.15, -0.1) is 0 Å². The highest BCUT2D eigenvalue weighted by atomic mass is 16.5. The van der Waals surface area contributed by atoms with Crippen molar-refractivity contribution in [3.05, 3.63) is 42.0 Å². The first-order valence-corrected chi connectivity index (χ1v) is 7.00. The number of carboxylic acids is 1. The number of aryl methyl sites for hydroxylation is 1. The average molecular weight is 285 g/mol. The molecule has 4 rings (SSSR count). The molecular weight excluding hydrogens is 270 g/mol. The van der Waals surface area contributed by atoms with Crippen LogP contribution in [-0.2, 0) is 14.3 Å². The van der Waals surface area contributed by atoms with Crippen LogP contribution in [-0.4, -0.2) is 35.2 Å². The molecule has 5 heteroatoms. The fourth-order valence-electron chi connectivity index (χ4n) is 3.72. The molecule has 3 aliphatic rings. The van der Waals surface area contributed by atoms with Gasteiger partial charge >= 0.3 is 5.97 Å². The number of carbonyl (C=O) groups excluding carboxylic acids is 1. The number of benzene rings is 1. The van der Waals surface area contributed by atoms with Crippen LogP contribution in [0.25, 0.3) is 0 Å². The zero-order chi connectivity index (χ0) is 14.8. The zero-order valence-electron chi connectivity index (χ0n) is 11.5. The molecule has 2 fully saturated rings. The second-order valence-electron chi connectivity index (χ2n) is 6.00. The second-order valence-corrected chi connectivity index (χ2v) is 6.00. The number of fused-ring (bicyclic) bond motifs is 1. The van der Waals surface area contributed by atoms with Crippen LogP contribution in [0.5, 0.6) is 0 Å². The van der Waals surface area contributed by atoms with Crippen molar-refractivity contribution >= 4 is 17.6 Å². The molecule has 108 valence electrons. The molecule has 3 heterocycles. The number of amides is 1. The van der Waals surface area contributed by atoms with E-state index >= 15 is 0 Å². The minimum absolute atomic E-state index is 0.155. The molecule has 0 saturated carbocycles. The number of anilines is 1. The Labute approximate surface area is 121 Å². The van der Waals surface area contributed by atoms with E-state index in [1.807, 2.05) is 37.3 Å². The number of aliphatic carboxylic acids is 1. The highest BCUT2D eigenvalue weighted by Crippen LogP contribution is 2.52. The Balaban J connectivity index is 1.73. The van der Waals surface area contributed by atoms with E-state index in [4.69, 9.17) is 4.74 Å². The Bertz CT molecular complexity index is 665. The van der Waals surface area contributed by atoms with Crippen LogP contribution < -0.4 is 4.90 Å². The van der Waals surface area contributed by atoms with Gasteiger partial charge in [0.2, 0.25) is 5.91 Å². The number of carboxylic acid groups (broad SMARTS) is 1. The minimum atomic E-state index is -0.963. The van der Waals surface area contributed by atoms with E-state index in [9.17, 15) is 14.7 Å². The highest BCUT2D eigenvalue weighted by molar-refractivity contribution is 6.02. The zero-order valence-corrected chi connectivity index (χ0v) is 11.5. The van der Waals surface area contributed by atoms with Gasteiger partial charge in [-0.3, -0.25) is 9.59 Å². The number of hydrogen-bond acceptors (Lipinski definition) is 3. The van der Waals surface area contributed by atoms with E-state index in [-0.39, 0.29) is 5.91 Å². The summed E-state index contributed by atoms with van der Waals surface area (Å²) < 4.78 is 5.85. The van der Waals surface area contributed by atoms with Crippen molar-refractivity contribution in [3.63, 3.8) is 0 Å². The lowest BCUT2D eigenvalue weighted by molar-refractivity contribution is -0.146. The lowest BCUT2D eigenvalue weighted by Gasteiger charge is -2.21. The fraction of sp³-hybridized carbons (Fsp3) is 0.375. The van der Waals surface area contributed by atoms with E-state index in [0.717, 1.165) is 11.3 Å². The number of ether oxygens (including phenoxy) is 1. The number of nitrogens with zero attached hydrogens (tertiary/aromatic N) is 1. The van der Waals surface area contributed by atoms with Crippen LogP contribution in [0.1, 0.15) is 5.56 Å². The van der Waals surface area contributed by atoms with Gasteiger partial charge in [-0.05, 0) is 19.1 Å². The summed E-state index contributed by atoms with van der Waals surface area (Å²) in [5.41, 5.74) is 1.14. The van der Waals surface area contributed by atoms with E-state index < -0.39 is 29.5 Å². The molecule has 1 amide bonds. The van der Waals surface area contributed by atoms with Gasteiger partial charge < -0.3 is 14.7 Å². The predicted octanol–water partition coefficient (Wildman–Crippen LogP) is 1.37. The van der Waals surface area contributed by atoms with Crippen LogP contribution in [0.2, 0.25) is 0 Å². The van der Waals surface area contributed by atoms with Gasteiger partial charge in [-0.1, -0.05) is 29.8 Å². The van der Waals surface area contributed by atoms with Crippen LogP contribution >= 0.6 is 0 Å². The first-order chi connectivity index (χ1) is 10.0. The van der Waals surface area contributed by atoms with Crippen molar-refractivity contribution in [3.8, 4) is 0 Å². The molecule has 0 radical (unpaired) electrons. The SMILES string of the molecule is Cc1ccc(N2C[C@@]34C=C[C@@H](O3)C(C(=O)O)C4C2=O)cc1. The van der Waals surface area contributed by atoms with Crippen LogP contribution in [0.4, 0.5) is 5.69 Å². The molecule has 1 N–H and O–H groups in total. The Morgan fingerprint density at radius 2 is 2.10 bits per heavy atom. The maximum absolute atomic E-state index is 12.7.